The molecule has 4 N–H and O–H groups in total. The third kappa shape index (κ3) is 3.85. The third-order valence-electron chi connectivity index (χ3n) is 5.23. The molecular weight excluding hydrogens is 406 g/mol. The molecule has 7 nitrogen and oxygen atoms in total. The number of nitrogens with one attached hydrogen (secondary N) is 2. The number of nitrogens with zero attached hydrogens (tertiary/aromatic N) is 4. The number of allylic oxidation sites excluding steroid dienone is 1. The fraction of sp³-hybridized carbons (Fsp3) is 0.130. The number of aryl methyl sites for hydroxylation is 1. The van der Waals surface area contributed by atoms with E-state index < -0.39 is 0 Å². The Balaban J connectivity index is 1.62. The highest BCUT2D eigenvalue weighted by Crippen LogP contribution is 2.29. The predicted molar refractivity (Wildman–Crippen MR) is 127 cm³/mol. The second-order valence-electron chi connectivity index (χ2n) is 7.21. The Morgan fingerprint density at radius 3 is 2.68 bits per heavy atom. The van der Waals surface area contributed by atoms with Crippen LogP contribution in [0, 0.1) is 19.3 Å². The number of hydrogen-bond donors (Lipinski definition) is 3. The summed E-state index contributed by atoms with van der Waals surface area (Å²) in [7, 11) is 1.93. The molecule has 31 heavy (non-hydrogen) atoms. The van der Waals surface area contributed by atoms with E-state index in [1.165, 1.54) is 0 Å². The van der Waals surface area contributed by atoms with Crippen molar-refractivity contribution in [3.63, 3.8) is 0 Å². The average Bonchev–Trinajstić information content (AvgIpc) is 3.40. The highest BCUT2D eigenvalue weighted by Gasteiger charge is 2.16. The summed E-state index contributed by atoms with van der Waals surface area (Å²) >= 11 is 1.63. The van der Waals surface area contributed by atoms with E-state index in [0.717, 1.165) is 34.0 Å². The maximum absolute atomic E-state index is 8.67. The topological polar surface area (TPSA) is 106 Å². The lowest BCUT2D eigenvalue weighted by Crippen LogP contribution is -2.15. The number of anilines is 2. The van der Waals surface area contributed by atoms with Crippen LogP contribution in [0.2, 0.25) is 0 Å². The van der Waals surface area contributed by atoms with Gasteiger partial charge in [-0.05, 0) is 49.1 Å². The summed E-state index contributed by atoms with van der Waals surface area (Å²) in [6.07, 6.45) is 3.51. The van der Waals surface area contributed by atoms with Crippen LogP contribution >= 0.6 is 11.3 Å². The molecule has 0 radical (unpaired) electrons. The molecule has 4 rings (SSSR count). The van der Waals surface area contributed by atoms with Gasteiger partial charge in [0.1, 0.15) is 17.2 Å². The van der Waals surface area contributed by atoms with Crippen molar-refractivity contribution < 1.29 is 0 Å². The van der Waals surface area contributed by atoms with Crippen molar-refractivity contribution in [2.24, 2.45) is 7.05 Å². The number of imidazole rings is 1. The standard InChI is InChI=1S/C23H23N7S/c1-13-18(7-9-26-22(13)16-8-10-31-12-16)28-14(2)21(25)23-17(24)5-6-19(29-23)20-11-27-15(3)30(20)4/h5-12,25H,2,24H2,1,3-4H3,(H,26,28). The minimum atomic E-state index is 0.131. The lowest BCUT2D eigenvalue weighted by Gasteiger charge is -2.16. The van der Waals surface area contributed by atoms with E-state index in [4.69, 9.17) is 11.1 Å². The summed E-state index contributed by atoms with van der Waals surface area (Å²) in [4.78, 5) is 13.5. The Hall–Kier alpha value is -3.78. The minimum Gasteiger partial charge on any atom is -0.397 e. The fourth-order valence-electron chi connectivity index (χ4n) is 3.28. The van der Waals surface area contributed by atoms with Gasteiger partial charge in [0.2, 0.25) is 0 Å². The van der Waals surface area contributed by atoms with Crippen molar-refractivity contribution in [3.05, 3.63) is 76.8 Å². The number of nitrogen functional groups attached to an aromatic ring is 1. The lowest BCUT2D eigenvalue weighted by atomic mass is 10.1. The maximum Gasteiger partial charge on any atom is 0.114 e. The van der Waals surface area contributed by atoms with Crippen LogP contribution in [-0.4, -0.2) is 25.2 Å². The molecule has 0 saturated heterocycles. The normalized spacial score (nSPS) is 10.8. The first kappa shape index (κ1) is 20.5. The summed E-state index contributed by atoms with van der Waals surface area (Å²) in [5.74, 6) is 0.880. The zero-order valence-electron chi connectivity index (χ0n) is 17.6. The van der Waals surface area contributed by atoms with Crippen LogP contribution in [-0.2, 0) is 7.05 Å². The Kier molecular flexibility index (Phi) is 5.39. The average molecular weight is 430 g/mol. The summed E-state index contributed by atoms with van der Waals surface area (Å²) in [5, 5.41) is 16.0. The van der Waals surface area contributed by atoms with Gasteiger partial charge in [-0.15, -0.1) is 0 Å². The Morgan fingerprint density at radius 1 is 1.19 bits per heavy atom. The molecule has 0 aliphatic rings. The molecule has 4 aromatic heterocycles. The lowest BCUT2D eigenvalue weighted by molar-refractivity contribution is 0.861. The molecule has 0 unspecified atom stereocenters. The highest BCUT2D eigenvalue weighted by atomic mass is 32.1. The Morgan fingerprint density at radius 2 is 2.00 bits per heavy atom. The zero-order valence-corrected chi connectivity index (χ0v) is 18.4. The largest absolute Gasteiger partial charge is 0.397 e. The van der Waals surface area contributed by atoms with Gasteiger partial charge in [-0.2, -0.15) is 11.3 Å². The van der Waals surface area contributed by atoms with E-state index in [2.05, 4.69) is 32.2 Å². The van der Waals surface area contributed by atoms with Crippen LogP contribution in [0.4, 0.5) is 11.4 Å². The predicted octanol–water partition coefficient (Wildman–Crippen LogP) is 4.80. The Labute approximate surface area is 184 Å². The summed E-state index contributed by atoms with van der Waals surface area (Å²) < 4.78 is 1.95. The Bertz CT molecular complexity index is 1290. The number of nitrogens with two attached hydrogens (primary N) is 1. The molecule has 0 aliphatic carbocycles. The van der Waals surface area contributed by atoms with Crippen molar-refractivity contribution in [2.45, 2.75) is 13.8 Å². The van der Waals surface area contributed by atoms with E-state index in [0.29, 0.717) is 22.8 Å². The molecule has 0 fully saturated rings. The molecule has 0 aliphatic heterocycles. The molecule has 0 bridgehead atoms. The quantitative estimate of drug-likeness (QED) is 0.382. The second-order valence-corrected chi connectivity index (χ2v) is 7.99. The van der Waals surface area contributed by atoms with Gasteiger partial charge in [-0.25, -0.2) is 9.97 Å². The molecule has 8 heteroatoms. The van der Waals surface area contributed by atoms with Gasteiger partial charge in [0, 0.05) is 29.9 Å². The van der Waals surface area contributed by atoms with Crippen LogP contribution in [0.25, 0.3) is 22.6 Å². The van der Waals surface area contributed by atoms with Crippen LogP contribution < -0.4 is 11.1 Å². The van der Waals surface area contributed by atoms with Crippen LogP contribution in [0.15, 0.2) is 59.7 Å². The SMILES string of the molecule is C=C(Nc1ccnc(-c2ccsc2)c1C)C(=N)c1nc(-c2cnc(C)n2C)ccc1N. The third-order valence-corrected chi connectivity index (χ3v) is 5.92. The first-order valence-corrected chi connectivity index (χ1v) is 10.6. The van der Waals surface area contributed by atoms with E-state index in [1.54, 1.807) is 29.8 Å². The van der Waals surface area contributed by atoms with Gasteiger partial charge in [-0.3, -0.25) is 10.4 Å². The molecule has 0 aromatic carbocycles. The highest BCUT2D eigenvalue weighted by molar-refractivity contribution is 7.08. The van der Waals surface area contributed by atoms with Gasteiger partial charge in [0.05, 0.1) is 34.7 Å². The van der Waals surface area contributed by atoms with E-state index in [-0.39, 0.29) is 5.71 Å². The van der Waals surface area contributed by atoms with E-state index >= 15 is 0 Å². The van der Waals surface area contributed by atoms with Crippen molar-refractivity contribution in [1.82, 2.24) is 19.5 Å². The van der Waals surface area contributed by atoms with E-state index in [1.807, 2.05) is 49.0 Å². The molecule has 4 heterocycles. The smallest absolute Gasteiger partial charge is 0.114 e. The van der Waals surface area contributed by atoms with Gasteiger partial charge >= 0.3 is 0 Å². The summed E-state index contributed by atoms with van der Waals surface area (Å²) in [5.41, 5.74) is 12.8. The summed E-state index contributed by atoms with van der Waals surface area (Å²) in [6.45, 7) is 7.98. The van der Waals surface area contributed by atoms with Crippen molar-refractivity contribution >= 4 is 28.4 Å². The van der Waals surface area contributed by atoms with Crippen molar-refractivity contribution in [1.29, 1.82) is 5.41 Å². The van der Waals surface area contributed by atoms with Gasteiger partial charge in [-0.1, -0.05) is 6.58 Å². The summed E-state index contributed by atoms with van der Waals surface area (Å²) in [6, 6.07) is 7.50. The number of thiophene rings is 1. The number of pyridine rings is 2. The van der Waals surface area contributed by atoms with Crippen molar-refractivity contribution in [3.8, 4) is 22.6 Å². The molecule has 0 saturated carbocycles. The molecule has 0 amide bonds. The number of hydrogen-bond acceptors (Lipinski definition) is 7. The van der Waals surface area contributed by atoms with E-state index in [9.17, 15) is 0 Å². The molecular formula is C23H23N7S. The molecule has 156 valence electrons. The molecule has 0 atom stereocenters. The van der Waals surface area contributed by atoms with Crippen LogP contribution in [0.1, 0.15) is 17.1 Å². The first-order valence-electron chi connectivity index (χ1n) is 9.65. The number of aromatic nitrogens is 4. The minimum absolute atomic E-state index is 0.131. The molecule has 0 spiro atoms. The number of rotatable bonds is 6. The van der Waals surface area contributed by atoms with Crippen molar-refractivity contribution in [2.75, 3.05) is 11.1 Å². The zero-order chi connectivity index (χ0) is 22.1. The van der Waals surface area contributed by atoms with Gasteiger partial charge < -0.3 is 15.6 Å². The monoisotopic (exact) mass is 429 g/mol. The first-order chi connectivity index (χ1) is 14.9. The molecule has 4 aromatic rings. The van der Waals surface area contributed by atoms with Crippen LogP contribution in [0.5, 0.6) is 0 Å². The van der Waals surface area contributed by atoms with Gasteiger partial charge in [0.15, 0.2) is 0 Å². The fourth-order valence-corrected chi connectivity index (χ4v) is 3.92. The van der Waals surface area contributed by atoms with Crippen LogP contribution in [0.3, 0.4) is 0 Å². The second kappa shape index (κ2) is 8.16. The van der Waals surface area contributed by atoms with Gasteiger partial charge in [0.25, 0.3) is 0 Å². The maximum atomic E-state index is 8.67.